The third kappa shape index (κ3) is 18.3. The van der Waals surface area contributed by atoms with E-state index in [4.69, 9.17) is 14.3 Å². The minimum Gasteiger partial charge on any atom is -0.353 e. The van der Waals surface area contributed by atoms with Gasteiger partial charge < -0.3 is 9.47 Å². The van der Waals surface area contributed by atoms with Crippen molar-refractivity contribution in [1.29, 1.82) is 0 Å². The van der Waals surface area contributed by atoms with Gasteiger partial charge in [0.1, 0.15) is 0 Å². The smallest absolute Gasteiger partial charge is 0.177 e. The quantitative estimate of drug-likeness (QED) is 0.380. The average Bonchev–Trinajstić information content (AvgIpc) is 2.06. The first kappa shape index (κ1) is 14.8. The van der Waals surface area contributed by atoms with Crippen molar-refractivity contribution >= 4 is 6.29 Å². The Labute approximate surface area is 78.5 Å². The molecule has 0 spiro atoms. The molecule has 0 amide bonds. The summed E-state index contributed by atoms with van der Waals surface area (Å²) in [5.74, 6) is -0.926. The average molecular weight is 192 g/mol. The number of aldehydes is 1. The first-order chi connectivity index (χ1) is 6.08. The number of carbonyl (C=O) groups is 1. The van der Waals surface area contributed by atoms with Crippen LogP contribution in [0, 0.1) is 0 Å². The molecule has 0 rings (SSSR count). The van der Waals surface area contributed by atoms with Crippen LogP contribution in [0.1, 0.15) is 20.8 Å². The van der Waals surface area contributed by atoms with Gasteiger partial charge >= 0.3 is 0 Å². The topological polar surface area (TPSA) is 35.5 Å². The molecule has 0 aromatic heterocycles. The van der Waals surface area contributed by atoms with Crippen molar-refractivity contribution in [2.45, 2.75) is 27.1 Å². The highest BCUT2D eigenvalue weighted by molar-refractivity contribution is 5.68. The van der Waals surface area contributed by atoms with E-state index in [0.29, 0.717) is 0 Å². The zero-order chi connectivity index (χ0) is 10.7. The Bertz CT molecular complexity index is 131. The Kier molecular flexibility index (Phi) is 12.8. The SMILES string of the molecule is C=C(F)C=O.CCOC(C)OCC. The Morgan fingerprint density at radius 2 is 1.77 bits per heavy atom. The minimum atomic E-state index is -0.926. The molecule has 0 aliphatic carbocycles. The van der Waals surface area contributed by atoms with Gasteiger partial charge in [0, 0.05) is 13.2 Å². The Hall–Kier alpha value is -0.740. The van der Waals surface area contributed by atoms with Gasteiger partial charge in [0.25, 0.3) is 0 Å². The van der Waals surface area contributed by atoms with E-state index in [2.05, 4.69) is 6.58 Å². The summed E-state index contributed by atoms with van der Waals surface area (Å²) in [6.07, 6.45) is 0.0185. The van der Waals surface area contributed by atoms with Gasteiger partial charge in [0.2, 0.25) is 0 Å². The van der Waals surface area contributed by atoms with Crippen LogP contribution in [0.2, 0.25) is 0 Å². The Morgan fingerprint density at radius 3 is 1.92 bits per heavy atom. The van der Waals surface area contributed by atoms with Crippen molar-refractivity contribution in [3.05, 3.63) is 12.4 Å². The summed E-state index contributed by atoms with van der Waals surface area (Å²) in [6.45, 7) is 9.89. The molecule has 0 bridgehead atoms. The predicted octanol–water partition coefficient (Wildman–Crippen LogP) is 2.07. The fraction of sp³-hybridized carbons (Fsp3) is 0.667. The van der Waals surface area contributed by atoms with E-state index in [1.54, 1.807) is 0 Å². The van der Waals surface area contributed by atoms with Crippen LogP contribution in [0.15, 0.2) is 12.4 Å². The van der Waals surface area contributed by atoms with Crippen molar-refractivity contribution in [2.24, 2.45) is 0 Å². The number of ether oxygens (including phenoxy) is 2. The van der Waals surface area contributed by atoms with Crippen molar-refractivity contribution in [1.82, 2.24) is 0 Å². The number of halogens is 1. The molecule has 0 aromatic carbocycles. The largest absolute Gasteiger partial charge is 0.353 e. The van der Waals surface area contributed by atoms with Gasteiger partial charge in [0.05, 0.1) is 0 Å². The van der Waals surface area contributed by atoms with Crippen LogP contribution >= 0.6 is 0 Å². The molecule has 4 heteroatoms. The van der Waals surface area contributed by atoms with Crippen LogP contribution < -0.4 is 0 Å². The lowest BCUT2D eigenvalue weighted by Crippen LogP contribution is -2.11. The number of allylic oxidation sites excluding steroid dienone is 1. The van der Waals surface area contributed by atoms with Crippen molar-refractivity contribution in [2.75, 3.05) is 13.2 Å². The van der Waals surface area contributed by atoms with E-state index >= 15 is 0 Å². The molecule has 13 heavy (non-hydrogen) atoms. The lowest BCUT2D eigenvalue weighted by molar-refractivity contribution is -0.123. The summed E-state index contributed by atoms with van der Waals surface area (Å²) in [5.41, 5.74) is 0. The lowest BCUT2D eigenvalue weighted by Gasteiger charge is -2.09. The van der Waals surface area contributed by atoms with Crippen LogP contribution in [0.3, 0.4) is 0 Å². The third-order valence-electron chi connectivity index (χ3n) is 0.931. The summed E-state index contributed by atoms with van der Waals surface area (Å²) in [5, 5.41) is 0. The van der Waals surface area contributed by atoms with Crippen molar-refractivity contribution in [3.63, 3.8) is 0 Å². The summed E-state index contributed by atoms with van der Waals surface area (Å²) < 4.78 is 21.0. The van der Waals surface area contributed by atoms with Gasteiger partial charge in [-0.25, -0.2) is 4.39 Å². The highest BCUT2D eigenvalue weighted by Crippen LogP contribution is 1.90. The van der Waals surface area contributed by atoms with Crippen LogP contribution in [0.5, 0.6) is 0 Å². The highest BCUT2D eigenvalue weighted by Gasteiger charge is 1.94. The molecule has 0 atom stereocenters. The maximum atomic E-state index is 10.9. The summed E-state index contributed by atoms with van der Waals surface area (Å²) in [7, 11) is 0. The molecule has 0 unspecified atom stereocenters. The van der Waals surface area contributed by atoms with E-state index in [9.17, 15) is 4.39 Å². The van der Waals surface area contributed by atoms with Gasteiger partial charge in [-0.3, -0.25) is 4.79 Å². The number of hydrogen-bond acceptors (Lipinski definition) is 3. The molecule has 0 radical (unpaired) electrons. The molecule has 3 nitrogen and oxygen atoms in total. The molecule has 0 saturated carbocycles. The van der Waals surface area contributed by atoms with Gasteiger partial charge in [-0.1, -0.05) is 6.58 Å². The normalized spacial score (nSPS) is 9.00. The van der Waals surface area contributed by atoms with Gasteiger partial charge in [0.15, 0.2) is 18.4 Å². The Morgan fingerprint density at radius 1 is 1.46 bits per heavy atom. The highest BCUT2D eigenvalue weighted by atomic mass is 19.1. The standard InChI is InChI=1S/C6H14O2.C3H3FO/c1-4-7-6(3)8-5-2;1-3(4)2-5/h6H,4-5H2,1-3H3;2H,1H2. The molecule has 0 fully saturated rings. The van der Waals surface area contributed by atoms with Crippen molar-refractivity contribution in [3.8, 4) is 0 Å². The fourth-order valence-corrected chi connectivity index (χ4v) is 0.518. The summed E-state index contributed by atoms with van der Waals surface area (Å²) in [6, 6.07) is 0. The number of rotatable bonds is 5. The zero-order valence-corrected chi connectivity index (χ0v) is 8.38. The van der Waals surface area contributed by atoms with Crippen LogP contribution in [-0.2, 0) is 14.3 Å². The maximum absolute atomic E-state index is 10.9. The zero-order valence-electron chi connectivity index (χ0n) is 8.38. The molecule has 0 aromatic rings. The van der Waals surface area contributed by atoms with Crippen LogP contribution in [-0.4, -0.2) is 25.8 Å². The first-order valence-electron chi connectivity index (χ1n) is 4.11. The Balaban J connectivity index is 0. The molecule has 0 aliphatic rings. The fourth-order valence-electron chi connectivity index (χ4n) is 0.518. The second-order valence-corrected chi connectivity index (χ2v) is 2.04. The van der Waals surface area contributed by atoms with Gasteiger partial charge in [-0.05, 0) is 20.8 Å². The second kappa shape index (κ2) is 11.3. The van der Waals surface area contributed by atoms with Crippen LogP contribution in [0.25, 0.3) is 0 Å². The monoisotopic (exact) mass is 192 g/mol. The summed E-state index contributed by atoms with van der Waals surface area (Å²) in [4.78, 5) is 9.03. The van der Waals surface area contributed by atoms with Crippen LogP contribution in [0.4, 0.5) is 4.39 Å². The molecule has 0 N–H and O–H groups in total. The van der Waals surface area contributed by atoms with E-state index < -0.39 is 5.83 Å². The predicted molar refractivity (Wildman–Crippen MR) is 49.0 cm³/mol. The molecule has 0 aliphatic heterocycles. The van der Waals surface area contributed by atoms with E-state index in [1.807, 2.05) is 20.8 Å². The maximum Gasteiger partial charge on any atom is 0.177 e. The number of carbonyl (C=O) groups excluding carboxylic acids is 1. The lowest BCUT2D eigenvalue weighted by atomic mass is 10.7. The van der Waals surface area contributed by atoms with Gasteiger partial charge in [-0.15, -0.1) is 0 Å². The first-order valence-corrected chi connectivity index (χ1v) is 4.11. The summed E-state index contributed by atoms with van der Waals surface area (Å²) >= 11 is 0. The molecular weight excluding hydrogens is 175 g/mol. The minimum absolute atomic E-state index is 0.0370. The molecule has 0 heterocycles. The van der Waals surface area contributed by atoms with Gasteiger partial charge in [-0.2, -0.15) is 0 Å². The number of hydrogen-bond donors (Lipinski definition) is 0. The van der Waals surface area contributed by atoms with E-state index in [-0.39, 0.29) is 12.6 Å². The molecule has 78 valence electrons. The van der Waals surface area contributed by atoms with E-state index in [1.165, 1.54) is 0 Å². The third-order valence-corrected chi connectivity index (χ3v) is 0.931. The van der Waals surface area contributed by atoms with Crippen molar-refractivity contribution < 1.29 is 18.7 Å². The molecule has 0 saturated heterocycles. The van der Waals surface area contributed by atoms with E-state index in [0.717, 1.165) is 13.2 Å². The second-order valence-electron chi connectivity index (χ2n) is 2.04. The molecular formula is C9H17FO3.